The van der Waals surface area contributed by atoms with Crippen LogP contribution in [-0.2, 0) is 9.53 Å². The fourth-order valence-corrected chi connectivity index (χ4v) is 3.85. The zero-order chi connectivity index (χ0) is 19.4. The molecule has 26 heavy (non-hydrogen) atoms. The number of nitrogens with one attached hydrogen (secondary N) is 1. The van der Waals surface area contributed by atoms with Crippen LogP contribution in [0.4, 0.5) is 4.79 Å². The molecule has 3 atom stereocenters. The number of unbranched alkanes of at least 4 members (excludes halogenated alkanes) is 5. The van der Waals surface area contributed by atoms with Crippen molar-refractivity contribution in [2.45, 2.75) is 103 Å². The molecule has 2 N–H and O–H groups in total. The van der Waals surface area contributed by atoms with Gasteiger partial charge in [0.15, 0.2) is 0 Å². The van der Waals surface area contributed by atoms with Crippen LogP contribution in [-0.4, -0.2) is 53.3 Å². The Morgan fingerprint density at radius 2 is 1.73 bits per heavy atom. The molecule has 1 rings (SSSR count). The molecular formula is C20H38N2O4. The third kappa shape index (κ3) is 8.88. The summed E-state index contributed by atoms with van der Waals surface area (Å²) >= 11 is 0. The highest BCUT2D eigenvalue weighted by Crippen LogP contribution is 2.27. The number of hydrogen-bond donors (Lipinski definition) is 2. The van der Waals surface area contributed by atoms with Crippen LogP contribution >= 0.6 is 0 Å². The van der Waals surface area contributed by atoms with Crippen molar-refractivity contribution in [3.05, 3.63) is 0 Å². The number of carbonyl (C=O) groups is 2. The highest BCUT2D eigenvalue weighted by molar-refractivity contribution is 5.76. The van der Waals surface area contributed by atoms with Gasteiger partial charge in [0, 0.05) is 25.0 Å². The fraction of sp³-hybridized carbons (Fsp3) is 0.900. The molecule has 6 heteroatoms. The monoisotopic (exact) mass is 370 g/mol. The van der Waals surface area contributed by atoms with Crippen molar-refractivity contribution in [3.8, 4) is 0 Å². The van der Waals surface area contributed by atoms with Crippen molar-refractivity contribution in [2.75, 3.05) is 13.1 Å². The average molecular weight is 371 g/mol. The Bertz CT molecular complexity index is 417. The van der Waals surface area contributed by atoms with Crippen molar-refractivity contribution < 1.29 is 19.4 Å². The van der Waals surface area contributed by atoms with Gasteiger partial charge in [0.05, 0.1) is 0 Å². The molecule has 1 unspecified atom stereocenters. The van der Waals surface area contributed by atoms with E-state index in [0.29, 0.717) is 12.1 Å². The Kier molecular flexibility index (Phi) is 11.3. The Labute approximate surface area is 158 Å². The first-order valence-corrected chi connectivity index (χ1v) is 10.4. The van der Waals surface area contributed by atoms with Gasteiger partial charge in [-0.15, -0.1) is 0 Å². The summed E-state index contributed by atoms with van der Waals surface area (Å²) in [6, 6.07) is 0.953. The molecule has 0 radical (unpaired) electrons. The van der Waals surface area contributed by atoms with E-state index in [2.05, 4.69) is 31.0 Å². The molecule has 0 aromatic rings. The van der Waals surface area contributed by atoms with E-state index in [1.807, 2.05) is 0 Å². The summed E-state index contributed by atoms with van der Waals surface area (Å²) in [5.74, 6) is -1.06. The number of alkyl carbamates (subject to hydrolysis) is 1. The molecule has 152 valence electrons. The minimum absolute atomic E-state index is 0.150. The Balaban J connectivity index is 2.51. The molecule has 0 bridgehead atoms. The van der Waals surface area contributed by atoms with E-state index in [9.17, 15) is 9.59 Å². The van der Waals surface area contributed by atoms with Crippen LogP contribution in [0.3, 0.4) is 0 Å². The Morgan fingerprint density at radius 1 is 1.12 bits per heavy atom. The number of hydrogen-bond acceptors (Lipinski definition) is 4. The van der Waals surface area contributed by atoms with Crippen LogP contribution in [0.15, 0.2) is 0 Å². The van der Waals surface area contributed by atoms with Crippen LogP contribution in [0.5, 0.6) is 0 Å². The summed E-state index contributed by atoms with van der Waals surface area (Å²) in [4.78, 5) is 24.8. The maximum Gasteiger partial charge on any atom is 0.407 e. The molecule has 0 aromatic heterocycles. The molecule has 0 aliphatic carbocycles. The standard InChI is InChI=1S/C20H38N2O4/c1-4-6-8-10-12-17(11-9-7-5-2)22-15-18(13-16(22)3)26-20(25)21-14-19(23)24/h16-18H,4-15H2,1-3H3,(H,21,25)(H,23,24)/t16-,17?,18-/m1/s1. The molecule has 1 aliphatic heterocycles. The predicted molar refractivity (Wildman–Crippen MR) is 103 cm³/mol. The van der Waals surface area contributed by atoms with E-state index in [1.54, 1.807) is 0 Å². The molecule has 1 saturated heterocycles. The van der Waals surface area contributed by atoms with Gasteiger partial charge in [0.1, 0.15) is 12.6 Å². The van der Waals surface area contributed by atoms with Gasteiger partial charge in [-0.2, -0.15) is 0 Å². The molecule has 1 aliphatic rings. The number of likely N-dealkylation sites (tertiary alicyclic amines) is 1. The Morgan fingerprint density at radius 3 is 2.35 bits per heavy atom. The Hall–Kier alpha value is -1.30. The summed E-state index contributed by atoms with van der Waals surface area (Å²) < 4.78 is 5.43. The van der Waals surface area contributed by atoms with Gasteiger partial charge in [-0.25, -0.2) is 4.79 Å². The van der Waals surface area contributed by atoms with Gasteiger partial charge in [0.25, 0.3) is 0 Å². The van der Waals surface area contributed by atoms with Gasteiger partial charge in [0.2, 0.25) is 0 Å². The SMILES string of the molecule is CCCCCCC(CCCCC)N1C[C@H](OC(=O)NCC(=O)O)C[C@H]1C. The number of carboxylic acids is 1. The number of rotatable bonds is 13. The van der Waals surface area contributed by atoms with Crippen LogP contribution in [0.25, 0.3) is 0 Å². The lowest BCUT2D eigenvalue weighted by Crippen LogP contribution is -2.39. The predicted octanol–water partition coefficient (Wildman–Crippen LogP) is 4.18. The van der Waals surface area contributed by atoms with E-state index in [0.717, 1.165) is 13.0 Å². The molecular weight excluding hydrogens is 332 g/mol. The lowest BCUT2D eigenvalue weighted by Gasteiger charge is -2.31. The summed E-state index contributed by atoms with van der Waals surface area (Å²) in [5, 5.41) is 10.9. The van der Waals surface area contributed by atoms with Crippen LogP contribution in [0, 0.1) is 0 Å². The number of nitrogens with zero attached hydrogens (tertiary/aromatic N) is 1. The maximum atomic E-state index is 11.7. The number of carbonyl (C=O) groups excluding carboxylic acids is 1. The smallest absolute Gasteiger partial charge is 0.407 e. The quantitative estimate of drug-likeness (QED) is 0.476. The van der Waals surface area contributed by atoms with E-state index in [1.165, 1.54) is 57.8 Å². The zero-order valence-corrected chi connectivity index (χ0v) is 16.8. The minimum Gasteiger partial charge on any atom is -0.480 e. The zero-order valence-electron chi connectivity index (χ0n) is 16.8. The summed E-state index contributed by atoms with van der Waals surface area (Å²) in [5.41, 5.74) is 0. The van der Waals surface area contributed by atoms with Gasteiger partial charge in [-0.3, -0.25) is 9.69 Å². The summed E-state index contributed by atoms with van der Waals surface area (Å²) in [6.45, 7) is 7.03. The number of carboxylic acid groups (broad SMARTS) is 1. The molecule has 1 amide bonds. The van der Waals surface area contributed by atoms with Crippen molar-refractivity contribution in [1.82, 2.24) is 10.2 Å². The third-order valence-electron chi connectivity index (χ3n) is 5.24. The maximum absolute atomic E-state index is 11.7. The average Bonchev–Trinajstić information content (AvgIpc) is 2.95. The number of amides is 1. The van der Waals surface area contributed by atoms with Gasteiger partial charge in [-0.05, 0) is 19.8 Å². The fourth-order valence-electron chi connectivity index (χ4n) is 3.85. The number of aliphatic carboxylic acids is 1. The first kappa shape index (κ1) is 22.7. The minimum atomic E-state index is -1.06. The summed E-state index contributed by atoms with van der Waals surface area (Å²) in [6.07, 6.45) is 11.3. The highest BCUT2D eigenvalue weighted by Gasteiger charge is 2.35. The molecule has 1 fully saturated rings. The molecule has 6 nitrogen and oxygen atoms in total. The summed E-state index contributed by atoms with van der Waals surface area (Å²) in [7, 11) is 0. The van der Waals surface area contributed by atoms with E-state index in [4.69, 9.17) is 9.84 Å². The van der Waals surface area contributed by atoms with Gasteiger partial charge in [-0.1, -0.05) is 58.8 Å². The van der Waals surface area contributed by atoms with Crippen molar-refractivity contribution in [3.63, 3.8) is 0 Å². The molecule has 0 aromatic carbocycles. The van der Waals surface area contributed by atoms with Gasteiger partial charge < -0.3 is 15.2 Å². The van der Waals surface area contributed by atoms with Crippen molar-refractivity contribution in [1.29, 1.82) is 0 Å². The van der Waals surface area contributed by atoms with E-state index in [-0.39, 0.29) is 6.10 Å². The second-order valence-corrected chi connectivity index (χ2v) is 7.56. The highest BCUT2D eigenvalue weighted by atomic mass is 16.6. The van der Waals surface area contributed by atoms with E-state index < -0.39 is 18.6 Å². The lowest BCUT2D eigenvalue weighted by atomic mass is 9.99. The van der Waals surface area contributed by atoms with Crippen LogP contribution < -0.4 is 5.32 Å². The second kappa shape index (κ2) is 13.0. The normalized spacial score (nSPS) is 21.5. The van der Waals surface area contributed by atoms with Crippen LogP contribution in [0.2, 0.25) is 0 Å². The molecule has 0 saturated carbocycles. The second-order valence-electron chi connectivity index (χ2n) is 7.56. The van der Waals surface area contributed by atoms with Crippen LogP contribution in [0.1, 0.15) is 85.0 Å². The van der Waals surface area contributed by atoms with Crippen molar-refractivity contribution in [2.24, 2.45) is 0 Å². The third-order valence-corrected chi connectivity index (χ3v) is 5.24. The first-order chi connectivity index (χ1) is 12.5. The topological polar surface area (TPSA) is 78.9 Å². The molecule has 1 heterocycles. The largest absolute Gasteiger partial charge is 0.480 e. The first-order valence-electron chi connectivity index (χ1n) is 10.4. The van der Waals surface area contributed by atoms with E-state index >= 15 is 0 Å². The number of ether oxygens (including phenoxy) is 1. The lowest BCUT2D eigenvalue weighted by molar-refractivity contribution is -0.135. The van der Waals surface area contributed by atoms with Gasteiger partial charge >= 0.3 is 12.1 Å². The molecule has 0 spiro atoms. The van der Waals surface area contributed by atoms with Crippen molar-refractivity contribution >= 4 is 12.1 Å².